The van der Waals surface area contributed by atoms with Crippen molar-refractivity contribution >= 4 is 0 Å². The molecule has 3 heteroatoms. The zero-order valence-corrected chi connectivity index (χ0v) is 11.9. The fourth-order valence-corrected chi connectivity index (χ4v) is 2.72. The Bertz CT molecular complexity index is 442. The lowest BCUT2D eigenvalue weighted by atomic mass is 9.90. The van der Waals surface area contributed by atoms with Gasteiger partial charge in [-0.1, -0.05) is 12.1 Å². The molecular weight excluding hydrogens is 234 g/mol. The van der Waals surface area contributed by atoms with Crippen LogP contribution in [0.25, 0.3) is 0 Å². The van der Waals surface area contributed by atoms with E-state index in [0.717, 1.165) is 18.0 Å². The normalized spacial score (nSPS) is 19.0. The van der Waals surface area contributed by atoms with Crippen molar-refractivity contribution in [2.45, 2.75) is 32.4 Å². The summed E-state index contributed by atoms with van der Waals surface area (Å²) >= 11 is 0. The fraction of sp³-hybridized carbons (Fsp3) is 0.562. The van der Waals surface area contributed by atoms with Gasteiger partial charge in [-0.15, -0.1) is 0 Å². The number of nitrogens with zero attached hydrogens (tertiary/aromatic N) is 2. The van der Waals surface area contributed by atoms with Gasteiger partial charge >= 0.3 is 0 Å². The molecule has 1 atom stereocenters. The first-order valence-electron chi connectivity index (χ1n) is 7.10. The number of nitrogens with one attached hydrogen (secondary N) is 1. The predicted molar refractivity (Wildman–Crippen MR) is 77.7 cm³/mol. The molecule has 1 saturated heterocycles. The highest BCUT2D eigenvalue weighted by Gasteiger charge is 2.21. The van der Waals surface area contributed by atoms with E-state index in [1.165, 1.54) is 31.5 Å². The molecule has 0 aromatic heterocycles. The van der Waals surface area contributed by atoms with Crippen LogP contribution in [-0.4, -0.2) is 31.1 Å². The van der Waals surface area contributed by atoms with E-state index in [-0.39, 0.29) is 0 Å². The van der Waals surface area contributed by atoms with Crippen LogP contribution in [0.5, 0.6) is 0 Å². The molecule has 0 bridgehead atoms. The molecular formula is C16H23N3. The molecule has 1 heterocycles. The number of rotatable bonds is 4. The second kappa shape index (κ2) is 6.70. The van der Waals surface area contributed by atoms with Crippen LogP contribution >= 0.6 is 0 Å². The van der Waals surface area contributed by atoms with Crippen LogP contribution in [0.3, 0.4) is 0 Å². The van der Waals surface area contributed by atoms with Gasteiger partial charge in [-0.2, -0.15) is 5.26 Å². The van der Waals surface area contributed by atoms with Gasteiger partial charge in [0.05, 0.1) is 11.6 Å². The van der Waals surface area contributed by atoms with E-state index >= 15 is 0 Å². The molecule has 19 heavy (non-hydrogen) atoms. The highest BCUT2D eigenvalue weighted by molar-refractivity contribution is 5.32. The molecule has 0 amide bonds. The summed E-state index contributed by atoms with van der Waals surface area (Å²) in [5.41, 5.74) is 1.94. The number of piperidine rings is 1. The largest absolute Gasteiger partial charge is 0.310 e. The molecule has 0 radical (unpaired) electrons. The minimum absolute atomic E-state index is 0.541. The Morgan fingerprint density at radius 2 is 2.16 bits per heavy atom. The first kappa shape index (κ1) is 14.0. The second-order valence-electron chi connectivity index (χ2n) is 5.62. The Morgan fingerprint density at radius 1 is 1.42 bits per heavy atom. The summed E-state index contributed by atoms with van der Waals surface area (Å²) in [5, 5.41) is 12.5. The van der Waals surface area contributed by atoms with Gasteiger partial charge in [0.15, 0.2) is 0 Å². The maximum Gasteiger partial charge on any atom is 0.0991 e. The molecule has 1 aromatic rings. The maximum absolute atomic E-state index is 8.89. The number of hydrogen-bond donors (Lipinski definition) is 1. The first-order chi connectivity index (χ1) is 9.19. The van der Waals surface area contributed by atoms with Gasteiger partial charge in [-0.3, -0.25) is 0 Å². The SMILES string of the molecule is CC(NCc1cccc(C#N)c1)C1CCN(C)CC1. The van der Waals surface area contributed by atoms with Gasteiger partial charge in [-0.05, 0) is 63.5 Å². The van der Waals surface area contributed by atoms with Crippen molar-refractivity contribution in [3.63, 3.8) is 0 Å². The van der Waals surface area contributed by atoms with Crippen LogP contribution in [0.1, 0.15) is 30.9 Å². The molecule has 1 aliphatic rings. The average molecular weight is 257 g/mol. The van der Waals surface area contributed by atoms with Crippen molar-refractivity contribution in [1.82, 2.24) is 10.2 Å². The van der Waals surface area contributed by atoms with Crippen molar-refractivity contribution in [3.8, 4) is 6.07 Å². The second-order valence-corrected chi connectivity index (χ2v) is 5.62. The minimum atomic E-state index is 0.541. The van der Waals surface area contributed by atoms with Gasteiger partial charge < -0.3 is 10.2 Å². The smallest absolute Gasteiger partial charge is 0.0991 e. The Labute approximate surface area is 116 Å². The molecule has 0 aliphatic carbocycles. The average Bonchev–Trinajstić information content (AvgIpc) is 2.46. The zero-order chi connectivity index (χ0) is 13.7. The van der Waals surface area contributed by atoms with Gasteiger partial charge in [0, 0.05) is 12.6 Å². The summed E-state index contributed by atoms with van der Waals surface area (Å²) in [7, 11) is 2.20. The summed E-state index contributed by atoms with van der Waals surface area (Å²) in [5.74, 6) is 0.773. The van der Waals surface area contributed by atoms with E-state index < -0.39 is 0 Å². The minimum Gasteiger partial charge on any atom is -0.310 e. The monoisotopic (exact) mass is 257 g/mol. The topological polar surface area (TPSA) is 39.1 Å². The van der Waals surface area contributed by atoms with Gasteiger partial charge in [0.25, 0.3) is 0 Å². The Balaban J connectivity index is 1.83. The lowest BCUT2D eigenvalue weighted by molar-refractivity contribution is 0.189. The maximum atomic E-state index is 8.89. The van der Waals surface area contributed by atoms with Crippen LogP contribution in [0.15, 0.2) is 24.3 Å². The van der Waals surface area contributed by atoms with E-state index in [9.17, 15) is 0 Å². The third kappa shape index (κ3) is 4.05. The van der Waals surface area contributed by atoms with Gasteiger partial charge in [0.2, 0.25) is 0 Å². The van der Waals surface area contributed by atoms with E-state index in [1.807, 2.05) is 18.2 Å². The molecule has 1 aliphatic heterocycles. The van der Waals surface area contributed by atoms with Gasteiger partial charge in [-0.25, -0.2) is 0 Å². The van der Waals surface area contributed by atoms with Crippen molar-refractivity contribution in [2.75, 3.05) is 20.1 Å². The number of nitriles is 1. The third-order valence-corrected chi connectivity index (χ3v) is 4.15. The molecule has 0 spiro atoms. The molecule has 1 N–H and O–H groups in total. The Hall–Kier alpha value is -1.37. The Kier molecular flexibility index (Phi) is 4.95. The van der Waals surface area contributed by atoms with E-state index in [1.54, 1.807) is 0 Å². The molecule has 1 unspecified atom stereocenters. The van der Waals surface area contributed by atoms with Crippen LogP contribution < -0.4 is 5.32 Å². The van der Waals surface area contributed by atoms with E-state index in [0.29, 0.717) is 6.04 Å². The van der Waals surface area contributed by atoms with Crippen molar-refractivity contribution in [1.29, 1.82) is 5.26 Å². The van der Waals surface area contributed by atoms with Crippen molar-refractivity contribution in [3.05, 3.63) is 35.4 Å². The lowest BCUT2D eigenvalue weighted by Gasteiger charge is -2.33. The van der Waals surface area contributed by atoms with Crippen LogP contribution in [0.4, 0.5) is 0 Å². The molecule has 1 aromatic carbocycles. The molecule has 0 saturated carbocycles. The summed E-state index contributed by atoms with van der Waals surface area (Å²) in [6.45, 7) is 5.55. The zero-order valence-electron chi connectivity index (χ0n) is 11.9. The Morgan fingerprint density at radius 3 is 2.84 bits per heavy atom. The van der Waals surface area contributed by atoms with E-state index in [2.05, 4.69) is 36.3 Å². The lowest BCUT2D eigenvalue weighted by Crippen LogP contribution is -2.40. The highest BCUT2D eigenvalue weighted by atomic mass is 15.1. The van der Waals surface area contributed by atoms with Crippen LogP contribution in [0, 0.1) is 17.2 Å². The quantitative estimate of drug-likeness (QED) is 0.900. The van der Waals surface area contributed by atoms with Crippen molar-refractivity contribution in [2.24, 2.45) is 5.92 Å². The van der Waals surface area contributed by atoms with Gasteiger partial charge in [0.1, 0.15) is 0 Å². The highest BCUT2D eigenvalue weighted by Crippen LogP contribution is 2.19. The third-order valence-electron chi connectivity index (χ3n) is 4.15. The predicted octanol–water partition coefficient (Wildman–Crippen LogP) is 2.38. The summed E-state index contributed by atoms with van der Waals surface area (Å²) < 4.78 is 0. The summed E-state index contributed by atoms with van der Waals surface area (Å²) in [6.07, 6.45) is 2.56. The summed E-state index contributed by atoms with van der Waals surface area (Å²) in [6, 6.07) is 10.6. The van der Waals surface area contributed by atoms with Crippen molar-refractivity contribution < 1.29 is 0 Å². The fourth-order valence-electron chi connectivity index (χ4n) is 2.72. The number of likely N-dealkylation sites (tertiary alicyclic amines) is 1. The van der Waals surface area contributed by atoms with E-state index in [4.69, 9.17) is 5.26 Å². The number of hydrogen-bond acceptors (Lipinski definition) is 3. The summed E-state index contributed by atoms with van der Waals surface area (Å²) in [4.78, 5) is 2.40. The molecule has 102 valence electrons. The number of benzene rings is 1. The van der Waals surface area contributed by atoms with Crippen LogP contribution in [0.2, 0.25) is 0 Å². The van der Waals surface area contributed by atoms with Crippen LogP contribution in [-0.2, 0) is 6.54 Å². The standard InChI is InChI=1S/C16H23N3/c1-13(16-6-8-19(2)9-7-16)18-12-15-5-3-4-14(10-15)11-17/h3-5,10,13,16,18H,6-9,12H2,1-2H3. The first-order valence-corrected chi connectivity index (χ1v) is 7.10. The molecule has 3 nitrogen and oxygen atoms in total. The molecule has 1 fully saturated rings. The molecule has 2 rings (SSSR count).